The number of benzene rings is 3. The van der Waals surface area contributed by atoms with E-state index in [0.29, 0.717) is 11.1 Å². The lowest BCUT2D eigenvalue weighted by Gasteiger charge is -2.33. The Morgan fingerprint density at radius 2 is 1.77 bits per heavy atom. The molecule has 158 valence electrons. The van der Waals surface area contributed by atoms with Gasteiger partial charge in [-0.3, -0.25) is 4.90 Å². The molecule has 1 aliphatic heterocycles. The molecule has 0 unspecified atom stereocenters. The van der Waals surface area contributed by atoms with Gasteiger partial charge in [0.05, 0.1) is 34.1 Å². The zero-order chi connectivity index (χ0) is 22.3. The van der Waals surface area contributed by atoms with Crippen molar-refractivity contribution in [3.63, 3.8) is 0 Å². The highest BCUT2D eigenvalue weighted by molar-refractivity contribution is 6.40. The first-order chi connectivity index (χ1) is 14.8. The van der Waals surface area contributed by atoms with E-state index in [1.165, 1.54) is 30.2 Å². The molecule has 0 atom stereocenters. The molecule has 3 aromatic carbocycles. The first-order valence-corrected chi connectivity index (χ1v) is 9.80. The molecule has 9 heteroatoms. The van der Waals surface area contributed by atoms with E-state index in [-0.39, 0.29) is 39.1 Å². The van der Waals surface area contributed by atoms with Gasteiger partial charge in [-0.25, -0.2) is 18.4 Å². The number of nitrogens with zero attached hydrogens (tertiary/aromatic N) is 1. The highest BCUT2D eigenvalue weighted by Crippen LogP contribution is 2.44. The van der Waals surface area contributed by atoms with E-state index in [1.54, 1.807) is 18.2 Å². The third-order valence-corrected chi connectivity index (χ3v) is 5.50. The van der Waals surface area contributed by atoms with Crippen molar-refractivity contribution in [3.05, 3.63) is 81.3 Å². The van der Waals surface area contributed by atoms with Crippen LogP contribution in [0.4, 0.5) is 25.0 Å². The number of carbonyl (C=O) groups excluding carboxylic acids is 2. The van der Waals surface area contributed by atoms with Crippen LogP contribution in [-0.4, -0.2) is 19.1 Å². The minimum atomic E-state index is -0.816. The molecule has 1 N–H and O–H groups in total. The van der Waals surface area contributed by atoms with Gasteiger partial charge in [0.1, 0.15) is 11.6 Å². The molecule has 0 saturated carbocycles. The highest BCUT2D eigenvalue weighted by atomic mass is 35.5. The number of amides is 2. The number of methoxy groups -OCH3 is 1. The van der Waals surface area contributed by atoms with Crippen LogP contribution in [0.3, 0.4) is 0 Å². The molecule has 0 aromatic heterocycles. The van der Waals surface area contributed by atoms with Crippen LogP contribution >= 0.6 is 23.2 Å². The van der Waals surface area contributed by atoms with Crippen LogP contribution in [0.2, 0.25) is 10.0 Å². The van der Waals surface area contributed by atoms with E-state index in [2.05, 4.69) is 5.32 Å². The maximum absolute atomic E-state index is 14.6. The van der Waals surface area contributed by atoms with Gasteiger partial charge in [-0.05, 0) is 42.0 Å². The molecule has 0 fully saturated rings. The van der Waals surface area contributed by atoms with E-state index >= 15 is 0 Å². The van der Waals surface area contributed by atoms with Crippen LogP contribution in [0.1, 0.15) is 15.9 Å². The fourth-order valence-electron chi connectivity index (χ4n) is 3.50. The van der Waals surface area contributed by atoms with Crippen LogP contribution in [-0.2, 0) is 11.3 Å². The van der Waals surface area contributed by atoms with Crippen molar-refractivity contribution in [2.24, 2.45) is 0 Å². The maximum Gasteiger partial charge on any atom is 0.337 e. The second-order valence-corrected chi connectivity index (χ2v) is 7.52. The zero-order valence-corrected chi connectivity index (χ0v) is 17.5. The molecule has 31 heavy (non-hydrogen) atoms. The standard InChI is InChI=1S/C22H14Cl2F2N2O3/c1-31-21(29)11-7-14(13-6-5-12(25)9-18(13)26)15-10-27-22(30)28(19(15)8-11)20-16(23)3-2-4-17(20)24/h2-9H,10H2,1H3,(H,27,30). The minimum absolute atomic E-state index is 0.0420. The number of para-hydroxylation sites is 1. The SMILES string of the molecule is COC(=O)c1cc(-c2ccc(F)cc2F)c2c(c1)N(c1c(Cl)cccc1Cl)C(=O)NC2. The zero-order valence-electron chi connectivity index (χ0n) is 16.0. The fraction of sp³-hybridized carbons (Fsp3) is 0.0909. The number of carbonyl (C=O) groups is 2. The number of esters is 1. The summed E-state index contributed by atoms with van der Waals surface area (Å²) in [5.41, 5.74) is 1.40. The van der Waals surface area contributed by atoms with E-state index in [9.17, 15) is 18.4 Å². The summed E-state index contributed by atoms with van der Waals surface area (Å²) < 4.78 is 32.9. The van der Waals surface area contributed by atoms with Gasteiger partial charge >= 0.3 is 12.0 Å². The Labute approximate surface area is 186 Å². The van der Waals surface area contributed by atoms with Crippen molar-refractivity contribution in [1.82, 2.24) is 5.32 Å². The highest BCUT2D eigenvalue weighted by Gasteiger charge is 2.32. The number of hydrogen-bond donors (Lipinski definition) is 1. The topological polar surface area (TPSA) is 58.6 Å². The summed E-state index contributed by atoms with van der Waals surface area (Å²) in [5, 5.41) is 3.11. The molecule has 5 nitrogen and oxygen atoms in total. The normalized spacial score (nSPS) is 12.9. The number of anilines is 2. The fourth-order valence-corrected chi connectivity index (χ4v) is 4.07. The first kappa shape index (κ1) is 21.1. The Morgan fingerprint density at radius 1 is 1.06 bits per heavy atom. The Bertz CT molecular complexity index is 1210. The molecular weight excluding hydrogens is 449 g/mol. The van der Waals surface area contributed by atoms with E-state index in [1.807, 2.05) is 0 Å². The monoisotopic (exact) mass is 462 g/mol. The largest absolute Gasteiger partial charge is 0.465 e. The number of halogens is 4. The number of hydrogen-bond acceptors (Lipinski definition) is 3. The van der Waals surface area contributed by atoms with Crippen molar-refractivity contribution in [2.75, 3.05) is 12.0 Å². The lowest BCUT2D eigenvalue weighted by atomic mass is 9.93. The molecule has 1 aliphatic rings. The van der Waals surface area contributed by atoms with Crippen LogP contribution in [0, 0.1) is 11.6 Å². The lowest BCUT2D eigenvalue weighted by Crippen LogP contribution is -2.42. The van der Waals surface area contributed by atoms with Crippen LogP contribution in [0.15, 0.2) is 48.5 Å². The van der Waals surface area contributed by atoms with Gasteiger partial charge in [-0.1, -0.05) is 29.3 Å². The molecule has 2 amide bonds. The third kappa shape index (κ3) is 3.71. The van der Waals surface area contributed by atoms with Gasteiger partial charge in [-0.15, -0.1) is 0 Å². The molecule has 3 aromatic rings. The Kier molecular flexibility index (Phi) is 5.56. The van der Waals surface area contributed by atoms with E-state index < -0.39 is 23.6 Å². The summed E-state index contributed by atoms with van der Waals surface area (Å²) >= 11 is 12.6. The summed E-state index contributed by atoms with van der Waals surface area (Å²) in [6.45, 7) is 0.0420. The average Bonchev–Trinajstić information content (AvgIpc) is 2.73. The summed E-state index contributed by atoms with van der Waals surface area (Å²) in [7, 11) is 1.20. The predicted molar refractivity (Wildman–Crippen MR) is 114 cm³/mol. The van der Waals surface area contributed by atoms with Crippen LogP contribution in [0.25, 0.3) is 11.1 Å². The molecule has 0 radical (unpaired) electrons. The maximum atomic E-state index is 14.6. The van der Waals surface area contributed by atoms with Crippen molar-refractivity contribution in [3.8, 4) is 11.1 Å². The second-order valence-electron chi connectivity index (χ2n) is 6.70. The third-order valence-electron chi connectivity index (χ3n) is 4.89. The summed E-state index contributed by atoms with van der Waals surface area (Å²) in [5.74, 6) is -2.25. The number of rotatable bonds is 3. The minimum Gasteiger partial charge on any atom is -0.465 e. The molecule has 1 heterocycles. The van der Waals surface area contributed by atoms with Gasteiger partial charge < -0.3 is 10.1 Å². The molecular formula is C22H14Cl2F2N2O3. The van der Waals surface area contributed by atoms with Gasteiger partial charge in [0.2, 0.25) is 0 Å². The average molecular weight is 463 g/mol. The lowest BCUT2D eigenvalue weighted by molar-refractivity contribution is 0.0600. The number of nitrogens with one attached hydrogen (secondary N) is 1. The first-order valence-electron chi connectivity index (χ1n) is 9.04. The summed E-state index contributed by atoms with van der Waals surface area (Å²) in [4.78, 5) is 26.4. The van der Waals surface area contributed by atoms with Crippen molar-refractivity contribution in [2.45, 2.75) is 6.54 Å². The number of ether oxygens (including phenoxy) is 1. The molecule has 0 saturated heterocycles. The van der Waals surface area contributed by atoms with Crippen molar-refractivity contribution in [1.29, 1.82) is 0 Å². The quantitative estimate of drug-likeness (QED) is 0.479. The number of fused-ring (bicyclic) bond motifs is 1. The molecule has 4 rings (SSSR count). The molecule has 0 bridgehead atoms. The van der Waals surface area contributed by atoms with E-state index in [0.717, 1.165) is 12.1 Å². The Morgan fingerprint density at radius 3 is 2.42 bits per heavy atom. The van der Waals surface area contributed by atoms with Gasteiger partial charge in [0, 0.05) is 23.7 Å². The van der Waals surface area contributed by atoms with E-state index in [4.69, 9.17) is 27.9 Å². The number of urea groups is 1. The summed E-state index contributed by atoms with van der Waals surface area (Å²) in [6.07, 6.45) is 0. The van der Waals surface area contributed by atoms with Gasteiger partial charge in [-0.2, -0.15) is 0 Å². The van der Waals surface area contributed by atoms with Crippen LogP contribution in [0.5, 0.6) is 0 Å². The Hall–Kier alpha value is -3.16. The molecule has 0 aliphatic carbocycles. The van der Waals surface area contributed by atoms with Crippen molar-refractivity contribution < 1.29 is 23.1 Å². The van der Waals surface area contributed by atoms with Gasteiger partial charge in [0.15, 0.2) is 0 Å². The van der Waals surface area contributed by atoms with Crippen LogP contribution < -0.4 is 10.2 Å². The van der Waals surface area contributed by atoms with Crippen molar-refractivity contribution >= 4 is 46.6 Å². The van der Waals surface area contributed by atoms with Gasteiger partial charge in [0.25, 0.3) is 0 Å². The Balaban J connectivity index is 2.04. The predicted octanol–water partition coefficient (Wildman–Crippen LogP) is 6.09. The summed E-state index contributed by atoms with van der Waals surface area (Å²) in [6, 6.07) is 10.2. The smallest absolute Gasteiger partial charge is 0.337 e. The molecule has 0 spiro atoms. The second kappa shape index (κ2) is 8.17.